The Bertz CT molecular complexity index is 1770. The number of hydrogen-bond donors (Lipinski definition) is 3. The Morgan fingerprint density at radius 2 is 1.73 bits per heavy atom. The molecule has 0 radical (unpaired) electrons. The molecule has 3 N–H and O–H groups in total. The van der Waals surface area contributed by atoms with Crippen molar-refractivity contribution < 1.29 is 50.6 Å². The molecule has 0 bridgehead atoms. The molecule has 2 aromatic carbocycles. The Labute approximate surface area is 292 Å². The topological polar surface area (TPSA) is 121 Å². The standard InChI is InChI=1S/C35H34F6N4O5S/c36-34(37,38)22-13-23(35(39,40)41)15-24(14-22)42-26-12-8-3-1-2-7-11-21-17-33(21,31(48)49)44-29(46)28-16-25(18-45(28)30(26)47)50-32-43-27(19-51-32)20-9-5-4-6-10-20/h4-7,9-11,13-15,19,21,25-26,28,42H,1-3,8,12,16-18H2,(H,44,46)(H,48,49)/b11-7-/t21-,25-,26+,28+,33-/m1/s1. The fraction of sp³-hybridized carbons (Fsp3) is 0.429. The molecule has 16 heteroatoms. The van der Waals surface area contributed by atoms with Crippen LogP contribution >= 0.6 is 11.3 Å². The molecule has 3 heterocycles. The number of aliphatic carboxylic acids is 1. The molecular formula is C35H34F6N4O5S. The summed E-state index contributed by atoms with van der Waals surface area (Å²) in [6.07, 6.45) is -5.13. The van der Waals surface area contributed by atoms with Gasteiger partial charge in [0.15, 0.2) is 0 Å². The Morgan fingerprint density at radius 1 is 1.02 bits per heavy atom. The first-order chi connectivity index (χ1) is 24.1. The lowest BCUT2D eigenvalue weighted by Gasteiger charge is -2.30. The number of carboxylic acids is 1. The van der Waals surface area contributed by atoms with Crippen molar-refractivity contribution in [2.75, 3.05) is 11.9 Å². The average molecular weight is 737 g/mol. The highest BCUT2D eigenvalue weighted by molar-refractivity contribution is 7.11. The van der Waals surface area contributed by atoms with Gasteiger partial charge in [0, 0.05) is 29.0 Å². The third-order valence-electron chi connectivity index (χ3n) is 9.37. The Balaban J connectivity index is 1.31. The van der Waals surface area contributed by atoms with Gasteiger partial charge in [-0.05, 0) is 43.9 Å². The third kappa shape index (κ3) is 8.16. The van der Waals surface area contributed by atoms with Gasteiger partial charge in [0.05, 0.1) is 23.4 Å². The van der Waals surface area contributed by atoms with E-state index in [4.69, 9.17) is 4.74 Å². The SMILES string of the molecule is O=C1N[C@]2(C(=O)O)C[C@H]2/C=C\CCCCC[C@H](Nc2cc(C(F)(F)F)cc(C(F)(F)F)c2)C(=O)N2C[C@H](Oc3nc(-c4ccccc4)cs3)C[C@@H]12. The summed E-state index contributed by atoms with van der Waals surface area (Å²) >= 11 is 1.19. The molecule has 1 aromatic heterocycles. The number of ether oxygens (including phenoxy) is 1. The molecule has 1 saturated carbocycles. The molecular weight excluding hydrogens is 702 g/mol. The number of allylic oxidation sites excluding steroid dienone is 1. The highest BCUT2D eigenvalue weighted by atomic mass is 32.1. The van der Waals surface area contributed by atoms with Crippen LogP contribution in [0.15, 0.2) is 66.1 Å². The zero-order valence-electron chi connectivity index (χ0n) is 27.0. The minimum absolute atomic E-state index is 0.00497. The summed E-state index contributed by atoms with van der Waals surface area (Å²) < 4.78 is 88.2. The highest BCUT2D eigenvalue weighted by Crippen LogP contribution is 2.46. The van der Waals surface area contributed by atoms with E-state index in [0.717, 1.165) is 5.56 Å². The third-order valence-corrected chi connectivity index (χ3v) is 10.1. The van der Waals surface area contributed by atoms with Gasteiger partial charge in [-0.3, -0.25) is 9.59 Å². The number of rotatable bonds is 6. The summed E-state index contributed by atoms with van der Waals surface area (Å²) in [4.78, 5) is 46.2. The van der Waals surface area contributed by atoms with Gasteiger partial charge >= 0.3 is 18.3 Å². The van der Waals surface area contributed by atoms with Gasteiger partial charge in [-0.15, -0.1) is 0 Å². The lowest BCUT2D eigenvalue weighted by Crippen LogP contribution is -2.55. The summed E-state index contributed by atoms with van der Waals surface area (Å²) in [5, 5.41) is 17.4. The van der Waals surface area contributed by atoms with Crippen LogP contribution in [0, 0.1) is 5.92 Å². The molecule has 6 rings (SSSR count). The van der Waals surface area contributed by atoms with Gasteiger partial charge in [0.2, 0.25) is 11.8 Å². The van der Waals surface area contributed by atoms with Crippen molar-refractivity contribution in [1.29, 1.82) is 0 Å². The molecule has 3 aromatic rings. The molecule has 1 saturated heterocycles. The van der Waals surface area contributed by atoms with E-state index in [-0.39, 0.29) is 37.1 Å². The van der Waals surface area contributed by atoms with Crippen LogP contribution in [-0.4, -0.2) is 63.0 Å². The number of aromatic nitrogens is 1. The van der Waals surface area contributed by atoms with Crippen molar-refractivity contribution in [3.8, 4) is 16.5 Å². The first kappa shape index (κ1) is 36.2. The number of carboxylic acid groups (broad SMARTS) is 1. The minimum atomic E-state index is -5.10. The van der Waals surface area contributed by atoms with Gasteiger partial charge in [0.25, 0.3) is 5.19 Å². The van der Waals surface area contributed by atoms with Crippen molar-refractivity contribution in [2.24, 2.45) is 5.92 Å². The van der Waals surface area contributed by atoms with Crippen molar-refractivity contribution in [3.63, 3.8) is 0 Å². The molecule has 5 atom stereocenters. The average Bonchev–Trinajstić information content (AvgIpc) is 3.37. The number of amides is 2. The van der Waals surface area contributed by atoms with Crippen LogP contribution in [-0.2, 0) is 26.7 Å². The second-order valence-electron chi connectivity index (χ2n) is 13.0. The van der Waals surface area contributed by atoms with Crippen LogP contribution in [0.3, 0.4) is 0 Å². The Kier molecular flexibility index (Phi) is 10.1. The van der Waals surface area contributed by atoms with E-state index < -0.39 is 76.6 Å². The maximum Gasteiger partial charge on any atom is 0.416 e. The number of nitrogens with zero attached hydrogens (tertiary/aromatic N) is 2. The fourth-order valence-corrected chi connectivity index (χ4v) is 7.33. The summed E-state index contributed by atoms with van der Waals surface area (Å²) in [6.45, 7) is -0.171. The van der Waals surface area contributed by atoms with Crippen molar-refractivity contribution in [1.82, 2.24) is 15.2 Å². The minimum Gasteiger partial charge on any atom is -0.479 e. The lowest BCUT2D eigenvalue weighted by molar-refractivity contribution is -0.145. The molecule has 0 spiro atoms. The van der Waals surface area contributed by atoms with Crippen LogP contribution in [0.1, 0.15) is 56.1 Å². The largest absolute Gasteiger partial charge is 0.479 e. The van der Waals surface area contributed by atoms with Crippen molar-refractivity contribution in [3.05, 3.63) is 77.2 Å². The Morgan fingerprint density at radius 3 is 2.39 bits per heavy atom. The maximum atomic E-state index is 14.3. The number of benzene rings is 2. The fourth-order valence-electron chi connectivity index (χ4n) is 6.58. The van der Waals surface area contributed by atoms with Crippen LogP contribution in [0.4, 0.5) is 32.0 Å². The molecule has 0 unspecified atom stereocenters. The zero-order chi connectivity index (χ0) is 36.6. The number of fused-ring (bicyclic) bond motifs is 2. The van der Waals surface area contributed by atoms with Gasteiger partial charge in [-0.1, -0.05) is 66.7 Å². The van der Waals surface area contributed by atoms with E-state index in [1.807, 2.05) is 36.4 Å². The molecule has 2 amide bonds. The first-order valence-corrected chi connectivity index (χ1v) is 17.3. The van der Waals surface area contributed by atoms with Crippen LogP contribution in [0.25, 0.3) is 11.3 Å². The van der Waals surface area contributed by atoms with Crippen molar-refractivity contribution in [2.45, 2.75) is 81.0 Å². The molecule has 9 nitrogen and oxygen atoms in total. The number of hydrogen-bond acceptors (Lipinski definition) is 7. The molecule has 2 aliphatic heterocycles. The van der Waals surface area contributed by atoms with Gasteiger partial charge in [0.1, 0.15) is 23.7 Å². The zero-order valence-corrected chi connectivity index (χ0v) is 27.8. The van der Waals surface area contributed by atoms with E-state index in [0.29, 0.717) is 43.5 Å². The summed E-state index contributed by atoms with van der Waals surface area (Å²) in [6, 6.07) is 7.73. The molecule has 272 valence electrons. The van der Waals surface area contributed by atoms with Crippen LogP contribution in [0.2, 0.25) is 0 Å². The van der Waals surface area contributed by atoms with E-state index in [1.165, 1.54) is 16.2 Å². The first-order valence-electron chi connectivity index (χ1n) is 16.4. The van der Waals surface area contributed by atoms with Gasteiger partial charge in [-0.25, -0.2) is 9.78 Å². The van der Waals surface area contributed by atoms with Gasteiger partial charge in [-0.2, -0.15) is 26.3 Å². The number of alkyl halides is 6. The van der Waals surface area contributed by atoms with Crippen molar-refractivity contribution >= 4 is 34.8 Å². The van der Waals surface area contributed by atoms with E-state index in [1.54, 1.807) is 11.5 Å². The quantitative estimate of drug-likeness (QED) is 0.182. The van der Waals surface area contributed by atoms with E-state index in [2.05, 4.69) is 15.6 Å². The molecule has 2 fully saturated rings. The monoisotopic (exact) mass is 736 g/mol. The number of carbonyl (C=O) groups excluding carboxylic acids is 2. The molecule has 3 aliphatic rings. The number of nitrogens with one attached hydrogen (secondary N) is 2. The summed E-state index contributed by atoms with van der Waals surface area (Å²) in [5.41, 5.74) is -3.76. The number of thiazole rings is 1. The molecule has 1 aliphatic carbocycles. The van der Waals surface area contributed by atoms with E-state index in [9.17, 15) is 45.8 Å². The molecule has 51 heavy (non-hydrogen) atoms. The van der Waals surface area contributed by atoms with Crippen LogP contribution in [0.5, 0.6) is 5.19 Å². The Hall–Kier alpha value is -4.60. The van der Waals surface area contributed by atoms with Crippen LogP contribution < -0.4 is 15.4 Å². The predicted octanol–water partition coefficient (Wildman–Crippen LogP) is 7.16. The lowest BCUT2D eigenvalue weighted by atomic mass is 10.0. The maximum absolute atomic E-state index is 14.3. The summed E-state index contributed by atoms with van der Waals surface area (Å²) in [7, 11) is 0. The van der Waals surface area contributed by atoms with Gasteiger partial charge < -0.3 is 25.4 Å². The number of halogens is 6. The number of anilines is 1. The predicted molar refractivity (Wildman–Crippen MR) is 175 cm³/mol. The second-order valence-corrected chi connectivity index (χ2v) is 13.8. The second kappa shape index (κ2) is 14.2. The number of carbonyl (C=O) groups is 3. The van der Waals surface area contributed by atoms with E-state index >= 15 is 0 Å². The summed E-state index contributed by atoms with van der Waals surface area (Å²) in [5.74, 6) is -3.21. The highest BCUT2D eigenvalue weighted by Gasteiger charge is 2.61. The normalized spacial score (nSPS) is 26.6. The smallest absolute Gasteiger partial charge is 0.416 e.